The number of furan rings is 1. The van der Waals surface area contributed by atoms with Gasteiger partial charge >= 0.3 is 0 Å². The molecule has 0 radical (unpaired) electrons. The van der Waals surface area contributed by atoms with Crippen molar-refractivity contribution in [2.75, 3.05) is 10.6 Å². The van der Waals surface area contributed by atoms with Gasteiger partial charge in [-0.15, -0.1) is 0 Å². The lowest BCUT2D eigenvalue weighted by atomic mass is 10.3. The first-order valence-electron chi connectivity index (χ1n) is 6.40. The van der Waals surface area contributed by atoms with Crippen LogP contribution in [0.2, 0.25) is 0 Å². The summed E-state index contributed by atoms with van der Waals surface area (Å²) in [6.07, 6.45) is 3.06. The zero-order chi connectivity index (χ0) is 14.5. The van der Waals surface area contributed by atoms with Crippen molar-refractivity contribution in [1.82, 2.24) is 9.97 Å². The summed E-state index contributed by atoms with van der Waals surface area (Å²) in [6, 6.07) is 11.6. The molecule has 3 rings (SSSR count). The fourth-order valence-electron chi connectivity index (χ4n) is 1.83. The first-order valence-corrected chi connectivity index (χ1v) is 6.40. The van der Waals surface area contributed by atoms with E-state index in [0.29, 0.717) is 23.9 Å². The molecule has 6 heteroatoms. The number of hydrogen-bond acceptors (Lipinski definition) is 5. The van der Waals surface area contributed by atoms with Crippen molar-refractivity contribution in [3.05, 3.63) is 66.6 Å². The Morgan fingerprint density at radius 1 is 1.05 bits per heavy atom. The van der Waals surface area contributed by atoms with Crippen molar-refractivity contribution in [2.45, 2.75) is 6.54 Å². The van der Waals surface area contributed by atoms with Gasteiger partial charge < -0.3 is 15.1 Å². The van der Waals surface area contributed by atoms with Crippen molar-refractivity contribution < 1.29 is 8.81 Å². The van der Waals surface area contributed by atoms with Gasteiger partial charge in [-0.1, -0.05) is 6.07 Å². The van der Waals surface area contributed by atoms with Gasteiger partial charge in [-0.3, -0.25) is 0 Å². The van der Waals surface area contributed by atoms with E-state index in [-0.39, 0.29) is 5.82 Å². The molecule has 0 amide bonds. The highest BCUT2D eigenvalue weighted by Gasteiger charge is 2.01. The molecule has 0 aliphatic carbocycles. The van der Waals surface area contributed by atoms with Gasteiger partial charge in [0.1, 0.15) is 29.5 Å². The second-order valence-corrected chi connectivity index (χ2v) is 4.36. The molecule has 0 saturated heterocycles. The molecule has 106 valence electrons. The number of benzene rings is 1. The summed E-state index contributed by atoms with van der Waals surface area (Å²) >= 11 is 0. The van der Waals surface area contributed by atoms with Crippen molar-refractivity contribution in [3.8, 4) is 0 Å². The van der Waals surface area contributed by atoms with Crippen LogP contribution in [0.5, 0.6) is 0 Å². The molecule has 0 aliphatic heterocycles. The summed E-state index contributed by atoms with van der Waals surface area (Å²) in [5.41, 5.74) is 0.630. The largest absolute Gasteiger partial charge is 0.467 e. The maximum Gasteiger partial charge on any atom is 0.135 e. The Morgan fingerprint density at radius 3 is 2.76 bits per heavy atom. The van der Waals surface area contributed by atoms with E-state index in [1.165, 1.54) is 18.5 Å². The van der Waals surface area contributed by atoms with Gasteiger partial charge in [-0.2, -0.15) is 0 Å². The fraction of sp³-hybridized carbons (Fsp3) is 0.0667. The van der Waals surface area contributed by atoms with Gasteiger partial charge in [-0.25, -0.2) is 14.4 Å². The Balaban J connectivity index is 1.68. The van der Waals surface area contributed by atoms with E-state index in [1.807, 2.05) is 12.1 Å². The average Bonchev–Trinajstić information content (AvgIpc) is 2.99. The molecule has 0 unspecified atom stereocenters. The maximum absolute atomic E-state index is 13.1. The highest BCUT2D eigenvalue weighted by molar-refractivity contribution is 5.58. The van der Waals surface area contributed by atoms with Crippen LogP contribution in [-0.4, -0.2) is 9.97 Å². The predicted molar refractivity (Wildman–Crippen MR) is 77.7 cm³/mol. The summed E-state index contributed by atoms with van der Waals surface area (Å²) in [6.45, 7) is 0.531. The van der Waals surface area contributed by atoms with Crippen molar-refractivity contribution in [3.63, 3.8) is 0 Å². The van der Waals surface area contributed by atoms with E-state index in [2.05, 4.69) is 20.6 Å². The molecule has 0 bridgehead atoms. The number of rotatable bonds is 5. The normalized spacial score (nSPS) is 10.3. The molecule has 0 aliphatic rings. The lowest BCUT2D eigenvalue weighted by Crippen LogP contribution is -2.02. The fourth-order valence-corrected chi connectivity index (χ4v) is 1.83. The highest BCUT2D eigenvalue weighted by atomic mass is 19.1. The van der Waals surface area contributed by atoms with Crippen LogP contribution >= 0.6 is 0 Å². The van der Waals surface area contributed by atoms with Crippen LogP contribution in [0.3, 0.4) is 0 Å². The maximum atomic E-state index is 13.1. The number of aromatic nitrogens is 2. The minimum Gasteiger partial charge on any atom is -0.467 e. The predicted octanol–water partition coefficient (Wildman–Crippen LogP) is 3.56. The third-order valence-electron chi connectivity index (χ3n) is 2.79. The van der Waals surface area contributed by atoms with Crippen LogP contribution in [0.4, 0.5) is 21.7 Å². The summed E-state index contributed by atoms with van der Waals surface area (Å²) in [4.78, 5) is 8.22. The number of nitrogens with one attached hydrogen (secondary N) is 2. The van der Waals surface area contributed by atoms with Crippen LogP contribution in [0.25, 0.3) is 0 Å². The van der Waals surface area contributed by atoms with E-state index in [1.54, 1.807) is 24.5 Å². The number of halogens is 1. The van der Waals surface area contributed by atoms with Crippen molar-refractivity contribution in [2.24, 2.45) is 0 Å². The van der Waals surface area contributed by atoms with Gasteiger partial charge in [0.15, 0.2) is 0 Å². The first-order chi connectivity index (χ1) is 10.3. The minimum absolute atomic E-state index is 0.301. The third kappa shape index (κ3) is 3.56. The minimum atomic E-state index is -0.301. The van der Waals surface area contributed by atoms with Crippen LogP contribution in [0, 0.1) is 5.82 Å². The quantitative estimate of drug-likeness (QED) is 0.750. The second kappa shape index (κ2) is 6.04. The van der Waals surface area contributed by atoms with E-state index in [4.69, 9.17) is 4.42 Å². The average molecular weight is 284 g/mol. The lowest BCUT2D eigenvalue weighted by molar-refractivity contribution is 0.518. The van der Waals surface area contributed by atoms with E-state index in [0.717, 1.165) is 5.76 Å². The van der Waals surface area contributed by atoms with Gasteiger partial charge in [0, 0.05) is 11.8 Å². The Labute approximate surface area is 120 Å². The molecular weight excluding hydrogens is 271 g/mol. The monoisotopic (exact) mass is 284 g/mol. The molecule has 0 spiro atoms. The number of nitrogens with zero attached hydrogens (tertiary/aromatic N) is 2. The zero-order valence-electron chi connectivity index (χ0n) is 11.1. The first kappa shape index (κ1) is 13.1. The summed E-state index contributed by atoms with van der Waals surface area (Å²) in [5, 5.41) is 6.15. The third-order valence-corrected chi connectivity index (χ3v) is 2.79. The van der Waals surface area contributed by atoms with Gasteiger partial charge in [-0.05, 0) is 30.3 Å². The van der Waals surface area contributed by atoms with Crippen LogP contribution in [0.15, 0.2) is 59.5 Å². The molecule has 5 nitrogen and oxygen atoms in total. The van der Waals surface area contributed by atoms with Crippen molar-refractivity contribution in [1.29, 1.82) is 0 Å². The molecule has 0 saturated carbocycles. The van der Waals surface area contributed by atoms with Crippen LogP contribution in [-0.2, 0) is 6.54 Å². The second-order valence-electron chi connectivity index (χ2n) is 4.36. The molecule has 21 heavy (non-hydrogen) atoms. The Kier molecular flexibility index (Phi) is 3.77. The molecule has 3 aromatic rings. The molecule has 0 fully saturated rings. The van der Waals surface area contributed by atoms with E-state index in [9.17, 15) is 4.39 Å². The molecule has 2 N–H and O–H groups in total. The van der Waals surface area contributed by atoms with Crippen LogP contribution in [0.1, 0.15) is 5.76 Å². The molecule has 2 aromatic heterocycles. The zero-order valence-corrected chi connectivity index (χ0v) is 11.1. The van der Waals surface area contributed by atoms with E-state index >= 15 is 0 Å². The Hall–Kier alpha value is -2.89. The summed E-state index contributed by atoms with van der Waals surface area (Å²) in [5.74, 6) is 1.75. The van der Waals surface area contributed by atoms with Gasteiger partial charge in [0.25, 0.3) is 0 Å². The molecule has 2 heterocycles. The molecular formula is C15H13FN4O. The van der Waals surface area contributed by atoms with Crippen molar-refractivity contribution >= 4 is 17.3 Å². The Bertz CT molecular complexity index is 715. The molecule has 0 atom stereocenters. The van der Waals surface area contributed by atoms with E-state index < -0.39 is 0 Å². The standard InChI is InChI=1S/C15H13FN4O/c16-11-3-1-4-12(7-11)20-15-8-14(18-10-19-15)17-9-13-5-2-6-21-13/h1-8,10H,9H2,(H2,17,18,19,20). The Morgan fingerprint density at radius 2 is 1.95 bits per heavy atom. The van der Waals surface area contributed by atoms with Gasteiger partial charge in [0.05, 0.1) is 12.8 Å². The van der Waals surface area contributed by atoms with Gasteiger partial charge in [0.2, 0.25) is 0 Å². The lowest BCUT2D eigenvalue weighted by Gasteiger charge is -2.08. The topological polar surface area (TPSA) is 63.0 Å². The summed E-state index contributed by atoms with van der Waals surface area (Å²) in [7, 11) is 0. The highest BCUT2D eigenvalue weighted by Crippen LogP contribution is 2.17. The summed E-state index contributed by atoms with van der Waals surface area (Å²) < 4.78 is 18.4. The number of hydrogen-bond donors (Lipinski definition) is 2. The SMILES string of the molecule is Fc1cccc(Nc2cc(NCc3ccco3)ncn2)c1. The molecule has 1 aromatic carbocycles. The smallest absolute Gasteiger partial charge is 0.135 e. The number of anilines is 3. The van der Waals surface area contributed by atoms with Crippen LogP contribution < -0.4 is 10.6 Å².